The summed E-state index contributed by atoms with van der Waals surface area (Å²) < 4.78 is 1.14. The van der Waals surface area contributed by atoms with E-state index in [2.05, 4.69) is 47.7 Å². The van der Waals surface area contributed by atoms with E-state index in [0.29, 0.717) is 12.5 Å². The van der Waals surface area contributed by atoms with Crippen molar-refractivity contribution in [3.05, 3.63) is 32.8 Å². The van der Waals surface area contributed by atoms with Crippen LogP contribution in [-0.4, -0.2) is 6.54 Å². The summed E-state index contributed by atoms with van der Waals surface area (Å²) >= 11 is 5.17. The van der Waals surface area contributed by atoms with Gasteiger partial charge >= 0.3 is 0 Å². The molecule has 1 aliphatic rings. The van der Waals surface area contributed by atoms with Gasteiger partial charge in [-0.1, -0.05) is 31.3 Å². The van der Waals surface area contributed by atoms with E-state index in [0.717, 1.165) is 14.5 Å². The molecule has 0 aliphatic carbocycles. The Morgan fingerprint density at radius 3 is 3.00 bits per heavy atom. The molecule has 1 heterocycles. The van der Waals surface area contributed by atoms with Gasteiger partial charge in [0, 0.05) is 12.2 Å². The van der Waals surface area contributed by atoms with Crippen molar-refractivity contribution < 1.29 is 0 Å². The highest BCUT2D eigenvalue weighted by Crippen LogP contribution is 2.38. The number of hydrogen-bond acceptors (Lipinski definition) is 3. The van der Waals surface area contributed by atoms with E-state index in [-0.39, 0.29) is 0 Å². The zero-order chi connectivity index (χ0) is 10.7. The van der Waals surface area contributed by atoms with E-state index in [1.165, 1.54) is 5.57 Å². The lowest BCUT2D eigenvalue weighted by Gasteiger charge is -2.22. The minimum atomic E-state index is 0.457. The summed E-state index contributed by atoms with van der Waals surface area (Å²) in [6.45, 7) is 8.59. The second-order valence-corrected chi connectivity index (χ2v) is 5.74. The highest BCUT2D eigenvalue weighted by Gasteiger charge is 2.16. The molecule has 0 spiro atoms. The summed E-state index contributed by atoms with van der Waals surface area (Å²) in [5.41, 5.74) is 7.66. The van der Waals surface area contributed by atoms with Gasteiger partial charge in [-0.2, -0.15) is 0 Å². The average molecular weight is 275 g/mol. The molecule has 1 aliphatic heterocycles. The fraction of sp³-hybridized carbons (Fsp3) is 0.400. The molecule has 1 unspecified atom stereocenters. The molecule has 78 valence electrons. The number of halogens is 1. The Kier molecular flexibility index (Phi) is 4.29. The van der Waals surface area contributed by atoms with Crippen molar-refractivity contribution in [3.8, 4) is 0 Å². The van der Waals surface area contributed by atoms with Crippen LogP contribution in [0.25, 0.3) is 0 Å². The van der Waals surface area contributed by atoms with Crippen molar-refractivity contribution in [2.75, 3.05) is 6.54 Å². The number of nitrogens with one attached hydrogen (secondary N) is 1. The monoisotopic (exact) mass is 274 g/mol. The van der Waals surface area contributed by atoms with Gasteiger partial charge in [-0.15, -0.1) is 0 Å². The third kappa shape index (κ3) is 2.90. The molecule has 0 saturated carbocycles. The molecule has 0 saturated heterocycles. The van der Waals surface area contributed by atoms with Crippen LogP contribution in [0.5, 0.6) is 0 Å². The number of allylic oxidation sites excluding steroid dienone is 2. The maximum atomic E-state index is 5.48. The van der Waals surface area contributed by atoms with Crippen molar-refractivity contribution >= 4 is 27.7 Å². The normalized spacial score (nSPS) is 22.0. The number of thioether (sulfide) groups is 1. The Balaban J connectivity index is 2.76. The van der Waals surface area contributed by atoms with Gasteiger partial charge in [-0.3, -0.25) is 0 Å². The molecule has 3 N–H and O–H groups in total. The first-order valence-electron chi connectivity index (χ1n) is 4.45. The molecule has 1 atom stereocenters. The largest absolute Gasteiger partial charge is 0.353 e. The van der Waals surface area contributed by atoms with Crippen LogP contribution < -0.4 is 11.1 Å². The molecule has 4 heteroatoms. The molecule has 0 aromatic heterocycles. The lowest BCUT2D eigenvalue weighted by atomic mass is 10.0. The third-order valence-corrected chi connectivity index (χ3v) is 3.87. The highest BCUT2D eigenvalue weighted by molar-refractivity contribution is 9.14. The Bertz CT molecular complexity index is 307. The van der Waals surface area contributed by atoms with Crippen LogP contribution in [0.1, 0.15) is 13.8 Å². The molecule has 0 amide bonds. The smallest absolute Gasteiger partial charge is 0.0771 e. The van der Waals surface area contributed by atoms with Crippen LogP contribution in [-0.2, 0) is 0 Å². The van der Waals surface area contributed by atoms with Gasteiger partial charge < -0.3 is 11.1 Å². The average Bonchev–Trinajstić information content (AvgIpc) is 2.13. The van der Waals surface area contributed by atoms with Crippen LogP contribution in [0.2, 0.25) is 0 Å². The van der Waals surface area contributed by atoms with Crippen molar-refractivity contribution in [2.24, 2.45) is 11.7 Å². The molecule has 0 fully saturated rings. The Morgan fingerprint density at radius 1 is 1.79 bits per heavy atom. The van der Waals surface area contributed by atoms with Gasteiger partial charge in [0.2, 0.25) is 0 Å². The van der Waals surface area contributed by atoms with Gasteiger partial charge in [0.15, 0.2) is 0 Å². The van der Waals surface area contributed by atoms with Crippen LogP contribution in [0.3, 0.4) is 0 Å². The lowest BCUT2D eigenvalue weighted by Crippen LogP contribution is -2.20. The third-order valence-electron chi connectivity index (χ3n) is 2.16. The zero-order valence-corrected chi connectivity index (χ0v) is 10.8. The summed E-state index contributed by atoms with van der Waals surface area (Å²) in [5.74, 6) is 0.457. The van der Waals surface area contributed by atoms with E-state index >= 15 is 0 Å². The SMILES string of the molecule is C=C(CN)NC1=C(C)C(C)C=C(Br)S1. The van der Waals surface area contributed by atoms with Gasteiger partial charge in [-0.05, 0) is 34.3 Å². The van der Waals surface area contributed by atoms with Gasteiger partial charge in [-0.25, -0.2) is 0 Å². The molecule has 0 aromatic carbocycles. The molecular weight excluding hydrogens is 260 g/mol. The van der Waals surface area contributed by atoms with Gasteiger partial charge in [0.1, 0.15) is 0 Å². The molecule has 0 aromatic rings. The molecular formula is C10H15BrN2S. The van der Waals surface area contributed by atoms with E-state index in [1.807, 2.05) is 0 Å². The lowest BCUT2D eigenvalue weighted by molar-refractivity contribution is 0.826. The zero-order valence-electron chi connectivity index (χ0n) is 8.43. The number of rotatable bonds is 3. The summed E-state index contributed by atoms with van der Waals surface area (Å²) in [6, 6.07) is 0. The quantitative estimate of drug-likeness (QED) is 0.831. The predicted molar refractivity (Wildman–Crippen MR) is 67.8 cm³/mol. The fourth-order valence-corrected chi connectivity index (χ4v) is 2.97. The van der Waals surface area contributed by atoms with Crippen molar-refractivity contribution in [2.45, 2.75) is 13.8 Å². The number of hydrogen-bond donors (Lipinski definition) is 2. The summed E-state index contributed by atoms with van der Waals surface area (Å²) in [4.78, 5) is 0. The minimum absolute atomic E-state index is 0.457. The van der Waals surface area contributed by atoms with E-state index in [9.17, 15) is 0 Å². The minimum Gasteiger partial charge on any atom is -0.353 e. The summed E-state index contributed by atoms with van der Waals surface area (Å²) in [5, 5.41) is 4.37. The second-order valence-electron chi connectivity index (χ2n) is 3.31. The standard InChI is InChI=1S/C10H15BrN2S/c1-6-4-9(11)14-10(8(6)3)13-7(2)5-12/h4,6,13H,2,5,12H2,1,3H3. The molecule has 14 heavy (non-hydrogen) atoms. The molecule has 0 bridgehead atoms. The topological polar surface area (TPSA) is 38.0 Å². The van der Waals surface area contributed by atoms with Crippen molar-refractivity contribution in [1.82, 2.24) is 5.32 Å². The van der Waals surface area contributed by atoms with Crippen LogP contribution >= 0.6 is 27.7 Å². The molecule has 1 rings (SSSR count). The van der Waals surface area contributed by atoms with Crippen LogP contribution in [0.15, 0.2) is 32.8 Å². The maximum absolute atomic E-state index is 5.48. The van der Waals surface area contributed by atoms with Crippen LogP contribution in [0.4, 0.5) is 0 Å². The summed E-state index contributed by atoms with van der Waals surface area (Å²) in [6.07, 6.45) is 2.19. The first kappa shape index (κ1) is 11.9. The van der Waals surface area contributed by atoms with Gasteiger partial charge in [0.25, 0.3) is 0 Å². The van der Waals surface area contributed by atoms with Crippen molar-refractivity contribution in [1.29, 1.82) is 0 Å². The second kappa shape index (κ2) is 5.05. The number of nitrogens with two attached hydrogens (primary N) is 1. The Morgan fingerprint density at radius 2 is 2.43 bits per heavy atom. The maximum Gasteiger partial charge on any atom is 0.0771 e. The molecule has 2 nitrogen and oxygen atoms in total. The molecule has 0 radical (unpaired) electrons. The van der Waals surface area contributed by atoms with Gasteiger partial charge in [0.05, 0.1) is 8.84 Å². The Hall–Kier alpha value is -0.190. The van der Waals surface area contributed by atoms with E-state index < -0.39 is 0 Å². The van der Waals surface area contributed by atoms with Crippen molar-refractivity contribution in [3.63, 3.8) is 0 Å². The van der Waals surface area contributed by atoms with Crippen LogP contribution in [0, 0.1) is 5.92 Å². The Labute approximate surface area is 97.8 Å². The van der Waals surface area contributed by atoms with E-state index in [4.69, 9.17) is 5.73 Å². The first-order chi connectivity index (χ1) is 6.54. The fourth-order valence-electron chi connectivity index (χ4n) is 1.08. The predicted octanol–water partition coefficient (Wildman–Crippen LogP) is 2.90. The highest BCUT2D eigenvalue weighted by atomic mass is 79.9. The first-order valence-corrected chi connectivity index (χ1v) is 6.06. The summed E-state index contributed by atoms with van der Waals surface area (Å²) in [7, 11) is 0. The van der Waals surface area contributed by atoms with E-state index in [1.54, 1.807) is 11.8 Å².